The molecule has 0 saturated carbocycles. The van der Waals surface area contributed by atoms with Gasteiger partial charge in [-0.1, -0.05) is 25.0 Å². The summed E-state index contributed by atoms with van der Waals surface area (Å²) in [5, 5.41) is 39.2. The van der Waals surface area contributed by atoms with Gasteiger partial charge in [0.25, 0.3) is 0 Å². The standard InChI is InChI=1S/C19H32O7/c1-10-7-12(8-19(3,4)13(10)6-5-11(2)21)25-18-17(24)16(23)15(22)14(9-20)26-18/h12,14-18,20,22-24H,5-9H2,1-4H3/t12-,14-,15-,16+,17-,18-/m1/s1. The summed E-state index contributed by atoms with van der Waals surface area (Å²) in [6.45, 7) is 7.36. The van der Waals surface area contributed by atoms with Crippen LogP contribution in [0.15, 0.2) is 11.1 Å². The number of carbonyl (C=O) groups excluding carboxylic acids is 1. The van der Waals surface area contributed by atoms with Gasteiger partial charge in [0.1, 0.15) is 30.2 Å². The lowest BCUT2D eigenvalue weighted by Crippen LogP contribution is -2.59. The first-order chi connectivity index (χ1) is 12.1. The fourth-order valence-corrected chi connectivity index (χ4v) is 4.13. The molecular formula is C19H32O7. The van der Waals surface area contributed by atoms with E-state index in [9.17, 15) is 25.2 Å². The molecule has 1 heterocycles. The van der Waals surface area contributed by atoms with E-state index >= 15 is 0 Å². The van der Waals surface area contributed by atoms with E-state index in [1.807, 2.05) is 6.92 Å². The molecule has 0 aromatic rings. The van der Waals surface area contributed by atoms with Crippen molar-refractivity contribution >= 4 is 5.78 Å². The fraction of sp³-hybridized carbons (Fsp3) is 0.842. The van der Waals surface area contributed by atoms with Crippen LogP contribution in [0, 0.1) is 5.41 Å². The van der Waals surface area contributed by atoms with Crippen molar-refractivity contribution in [2.24, 2.45) is 5.41 Å². The van der Waals surface area contributed by atoms with Crippen molar-refractivity contribution in [2.45, 2.75) is 90.2 Å². The summed E-state index contributed by atoms with van der Waals surface area (Å²) < 4.78 is 11.4. The molecule has 1 aliphatic carbocycles. The Morgan fingerprint density at radius 1 is 1.23 bits per heavy atom. The van der Waals surface area contributed by atoms with Crippen LogP contribution < -0.4 is 0 Å². The molecule has 7 heteroatoms. The second-order valence-corrected chi connectivity index (χ2v) is 8.21. The second kappa shape index (κ2) is 8.46. The third kappa shape index (κ3) is 4.71. The van der Waals surface area contributed by atoms with E-state index in [1.165, 1.54) is 5.57 Å². The van der Waals surface area contributed by atoms with E-state index in [4.69, 9.17) is 9.47 Å². The number of rotatable bonds is 6. The van der Waals surface area contributed by atoms with Crippen molar-refractivity contribution in [3.63, 3.8) is 0 Å². The number of aliphatic hydroxyl groups excluding tert-OH is 4. The molecule has 0 aromatic carbocycles. The first-order valence-corrected chi connectivity index (χ1v) is 9.21. The molecule has 0 amide bonds. The topological polar surface area (TPSA) is 116 Å². The van der Waals surface area contributed by atoms with Gasteiger partial charge in [-0.3, -0.25) is 0 Å². The Kier molecular flexibility index (Phi) is 6.98. The molecule has 6 atom stereocenters. The largest absolute Gasteiger partial charge is 0.394 e. The van der Waals surface area contributed by atoms with Gasteiger partial charge in [0.2, 0.25) is 0 Å². The lowest BCUT2D eigenvalue weighted by Gasteiger charge is -2.44. The van der Waals surface area contributed by atoms with E-state index < -0.39 is 37.3 Å². The molecular weight excluding hydrogens is 340 g/mol. The Hall–Kier alpha value is -0.830. The lowest BCUT2D eigenvalue weighted by molar-refractivity contribution is -0.313. The molecule has 7 nitrogen and oxygen atoms in total. The predicted molar refractivity (Wildman–Crippen MR) is 94.3 cm³/mol. The highest BCUT2D eigenvalue weighted by molar-refractivity contribution is 5.75. The maximum Gasteiger partial charge on any atom is 0.186 e. The molecule has 0 aromatic heterocycles. The van der Waals surface area contributed by atoms with Gasteiger partial charge in [0, 0.05) is 6.42 Å². The summed E-state index contributed by atoms with van der Waals surface area (Å²) in [6.07, 6.45) is -3.95. The molecule has 2 rings (SSSR count). The second-order valence-electron chi connectivity index (χ2n) is 8.21. The van der Waals surface area contributed by atoms with Crippen LogP contribution in [0.2, 0.25) is 0 Å². The van der Waals surface area contributed by atoms with Crippen molar-refractivity contribution in [3.8, 4) is 0 Å². The normalized spacial score (nSPS) is 37.7. The van der Waals surface area contributed by atoms with Gasteiger partial charge in [0.15, 0.2) is 6.29 Å². The lowest BCUT2D eigenvalue weighted by atomic mass is 9.70. The summed E-state index contributed by atoms with van der Waals surface area (Å²) in [5.41, 5.74) is 2.27. The molecule has 1 aliphatic heterocycles. The maximum absolute atomic E-state index is 11.3. The third-order valence-corrected chi connectivity index (χ3v) is 5.51. The van der Waals surface area contributed by atoms with Gasteiger partial charge < -0.3 is 34.7 Å². The van der Waals surface area contributed by atoms with Crippen molar-refractivity contribution in [3.05, 3.63) is 11.1 Å². The number of ether oxygens (including phenoxy) is 2. The Morgan fingerprint density at radius 3 is 2.42 bits per heavy atom. The maximum atomic E-state index is 11.3. The highest BCUT2D eigenvalue weighted by atomic mass is 16.7. The van der Waals surface area contributed by atoms with Crippen LogP contribution >= 0.6 is 0 Å². The SMILES string of the molecule is CC(=O)CCC1=C(C)C[C@@H](O[C@@H]2O[C@H](CO)[C@@H](O)[C@H](O)[C@H]2O)CC1(C)C. The van der Waals surface area contributed by atoms with E-state index in [-0.39, 0.29) is 17.3 Å². The predicted octanol–water partition coefficient (Wildman–Crippen LogP) is 0.677. The van der Waals surface area contributed by atoms with Crippen molar-refractivity contribution in [2.75, 3.05) is 6.61 Å². The minimum absolute atomic E-state index is 0.156. The molecule has 0 radical (unpaired) electrons. The fourth-order valence-electron chi connectivity index (χ4n) is 4.13. The number of aliphatic hydroxyl groups is 4. The van der Waals surface area contributed by atoms with Crippen LogP contribution in [-0.4, -0.2) is 69.6 Å². The molecule has 2 aliphatic rings. The van der Waals surface area contributed by atoms with Crippen LogP contribution in [0.4, 0.5) is 0 Å². The molecule has 0 spiro atoms. The summed E-state index contributed by atoms with van der Waals surface area (Å²) in [4.78, 5) is 11.3. The molecule has 1 saturated heterocycles. The van der Waals surface area contributed by atoms with Gasteiger partial charge in [-0.2, -0.15) is 0 Å². The monoisotopic (exact) mass is 372 g/mol. The molecule has 0 unspecified atom stereocenters. The minimum Gasteiger partial charge on any atom is -0.394 e. The molecule has 0 bridgehead atoms. The number of carbonyl (C=O) groups is 1. The van der Waals surface area contributed by atoms with Gasteiger partial charge in [-0.25, -0.2) is 0 Å². The summed E-state index contributed by atoms with van der Waals surface area (Å²) in [6, 6.07) is 0. The highest BCUT2D eigenvalue weighted by Gasteiger charge is 2.45. The molecule has 26 heavy (non-hydrogen) atoms. The van der Waals surface area contributed by atoms with Crippen LogP contribution in [-0.2, 0) is 14.3 Å². The van der Waals surface area contributed by atoms with E-state index in [0.717, 1.165) is 12.0 Å². The number of ketones is 1. The Morgan fingerprint density at radius 2 is 1.88 bits per heavy atom. The number of hydrogen-bond acceptors (Lipinski definition) is 7. The third-order valence-electron chi connectivity index (χ3n) is 5.51. The zero-order valence-electron chi connectivity index (χ0n) is 16.0. The summed E-state index contributed by atoms with van der Waals surface area (Å²) in [5.74, 6) is 0.167. The van der Waals surface area contributed by atoms with Gasteiger partial charge >= 0.3 is 0 Å². The molecule has 1 fully saturated rings. The van der Waals surface area contributed by atoms with Crippen molar-refractivity contribution < 1.29 is 34.7 Å². The average molecular weight is 372 g/mol. The number of allylic oxidation sites excluding steroid dienone is 1. The van der Waals surface area contributed by atoms with E-state index in [0.29, 0.717) is 19.3 Å². The van der Waals surface area contributed by atoms with Crippen molar-refractivity contribution in [1.29, 1.82) is 0 Å². The molecule has 4 N–H and O–H groups in total. The Labute approximate surface area is 154 Å². The van der Waals surface area contributed by atoms with Crippen LogP contribution in [0.1, 0.15) is 53.4 Å². The van der Waals surface area contributed by atoms with E-state index in [1.54, 1.807) is 6.92 Å². The Bertz CT molecular complexity index is 540. The van der Waals surface area contributed by atoms with Crippen LogP contribution in [0.25, 0.3) is 0 Å². The Balaban J connectivity index is 2.08. The number of Topliss-reactive ketones (excluding diaryl/α,β-unsaturated/α-hetero) is 1. The smallest absolute Gasteiger partial charge is 0.186 e. The molecule has 150 valence electrons. The van der Waals surface area contributed by atoms with Crippen LogP contribution in [0.5, 0.6) is 0 Å². The minimum atomic E-state index is -1.44. The zero-order valence-corrected chi connectivity index (χ0v) is 16.0. The first kappa shape index (κ1) is 21.5. The average Bonchev–Trinajstić information content (AvgIpc) is 2.53. The van der Waals surface area contributed by atoms with E-state index in [2.05, 4.69) is 13.8 Å². The van der Waals surface area contributed by atoms with Crippen molar-refractivity contribution in [1.82, 2.24) is 0 Å². The van der Waals surface area contributed by atoms with Gasteiger partial charge in [-0.15, -0.1) is 0 Å². The van der Waals surface area contributed by atoms with Gasteiger partial charge in [-0.05, 0) is 38.5 Å². The highest BCUT2D eigenvalue weighted by Crippen LogP contribution is 2.44. The van der Waals surface area contributed by atoms with Crippen LogP contribution in [0.3, 0.4) is 0 Å². The van der Waals surface area contributed by atoms with Gasteiger partial charge in [0.05, 0.1) is 12.7 Å². The first-order valence-electron chi connectivity index (χ1n) is 9.21. The number of hydrogen-bond donors (Lipinski definition) is 4. The zero-order chi connectivity index (χ0) is 19.6. The summed E-state index contributed by atoms with van der Waals surface area (Å²) in [7, 11) is 0. The quantitative estimate of drug-likeness (QED) is 0.507. The summed E-state index contributed by atoms with van der Waals surface area (Å²) >= 11 is 0.